The van der Waals surface area contributed by atoms with E-state index in [1.165, 1.54) is 17.4 Å². The van der Waals surface area contributed by atoms with E-state index in [0.29, 0.717) is 13.1 Å². The number of piperidine rings is 1. The Balaban J connectivity index is 1.66. The van der Waals surface area contributed by atoms with Gasteiger partial charge in [-0.15, -0.1) is 11.3 Å². The van der Waals surface area contributed by atoms with Gasteiger partial charge in [0.15, 0.2) is 4.80 Å². The number of benzene rings is 1. The van der Waals surface area contributed by atoms with Crippen LogP contribution in [0.4, 0.5) is 4.39 Å². The minimum Gasteiger partial charge on any atom is -0.327 e. The van der Waals surface area contributed by atoms with Gasteiger partial charge in [0, 0.05) is 31.7 Å². The molecule has 4 nitrogen and oxygen atoms in total. The van der Waals surface area contributed by atoms with Crippen molar-refractivity contribution < 1.29 is 9.18 Å². The minimum absolute atomic E-state index is 0.0491. The summed E-state index contributed by atoms with van der Waals surface area (Å²) in [4.78, 5) is 19.6. The molecule has 1 aromatic carbocycles. The number of thiazole rings is 1. The van der Waals surface area contributed by atoms with Crippen LogP contribution in [0.15, 0.2) is 40.8 Å². The van der Waals surface area contributed by atoms with Crippen molar-refractivity contribution in [2.45, 2.75) is 19.4 Å². The number of nitrogens with zero attached hydrogens (tertiary/aromatic N) is 3. The van der Waals surface area contributed by atoms with Crippen molar-refractivity contribution in [3.05, 3.63) is 52.0 Å². The van der Waals surface area contributed by atoms with E-state index >= 15 is 0 Å². The van der Waals surface area contributed by atoms with Crippen molar-refractivity contribution in [1.29, 1.82) is 0 Å². The van der Waals surface area contributed by atoms with Gasteiger partial charge >= 0.3 is 0 Å². The topological polar surface area (TPSA) is 37.6 Å². The smallest absolute Gasteiger partial charge is 0.252 e. The van der Waals surface area contributed by atoms with Crippen molar-refractivity contribution in [2.24, 2.45) is 18.0 Å². The van der Waals surface area contributed by atoms with Gasteiger partial charge in [0.1, 0.15) is 5.82 Å². The Morgan fingerprint density at radius 2 is 2.35 bits per heavy atom. The van der Waals surface area contributed by atoms with Gasteiger partial charge in [-0.25, -0.2) is 4.39 Å². The fourth-order valence-electron chi connectivity index (χ4n) is 2.91. The van der Waals surface area contributed by atoms with Crippen LogP contribution in [0.5, 0.6) is 0 Å². The van der Waals surface area contributed by atoms with E-state index in [1.54, 1.807) is 12.1 Å². The fourth-order valence-corrected chi connectivity index (χ4v) is 3.65. The number of likely N-dealkylation sites (tertiary alicyclic amines) is 1. The Labute approximate surface area is 138 Å². The number of hydrogen-bond acceptors (Lipinski definition) is 3. The first kappa shape index (κ1) is 16.1. The summed E-state index contributed by atoms with van der Waals surface area (Å²) in [5.74, 6) is -0.335. The van der Waals surface area contributed by atoms with E-state index in [2.05, 4.69) is 9.89 Å². The van der Waals surface area contributed by atoms with Crippen LogP contribution >= 0.6 is 11.3 Å². The first-order valence-corrected chi connectivity index (χ1v) is 8.65. The van der Waals surface area contributed by atoms with Gasteiger partial charge in [0.05, 0.1) is 5.92 Å². The minimum atomic E-state index is -0.215. The number of halogens is 1. The SMILES string of the molecule is Cn1ccsc1=NC(=O)C1CCCN(Cc2cccc(F)c2)C1. The monoisotopic (exact) mass is 333 g/mol. The maximum absolute atomic E-state index is 13.3. The highest BCUT2D eigenvalue weighted by molar-refractivity contribution is 7.07. The third-order valence-electron chi connectivity index (χ3n) is 4.12. The van der Waals surface area contributed by atoms with Crippen molar-refractivity contribution >= 4 is 17.2 Å². The number of amides is 1. The van der Waals surface area contributed by atoms with E-state index in [-0.39, 0.29) is 17.6 Å². The Morgan fingerprint density at radius 1 is 1.48 bits per heavy atom. The van der Waals surface area contributed by atoms with Crippen molar-refractivity contribution in [2.75, 3.05) is 13.1 Å². The summed E-state index contributed by atoms with van der Waals surface area (Å²) in [7, 11) is 1.89. The largest absolute Gasteiger partial charge is 0.327 e. The number of hydrogen-bond donors (Lipinski definition) is 0. The molecule has 2 aromatic rings. The lowest BCUT2D eigenvalue weighted by Crippen LogP contribution is -2.38. The van der Waals surface area contributed by atoms with Gasteiger partial charge in [0.25, 0.3) is 5.91 Å². The first-order chi connectivity index (χ1) is 11.1. The maximum atomic E-state index is 13.3. The lowest BCUT2D eigenvalue weighted by atomic mass is 9.97. The number of rotatable bonds is 3. The summed E-state index contributed by atoms with van der Waals surface area (Å²) in [6.07, 6.45) is 3.74. The molecule has 0 radical (unpaired) electrons. The Kier molecular flexibility index (Phi) is 5.03. The molecular formula is C17H20FN3OS. The number of carbonyl (C=O) groups excluding carboxylic acids is 1. The lowest BCUT2D eigenvalue weighted by molar-refractivity contribution is -0.123. The van der Waals surface area contributed by atoms with Gasteiger partial charge < -0.3 is 4.57 Å². The van der Waals surface area contributed by atoms with Gasteiger partial charge in [-0.1, -0.05) is 12.1 Å². The summed E-state index contributed by atoms with van der Waals surface area (Å²) < 4.78 is 15.1. The van der Waals surface area contributed by atoms with Crippen LogP contribution in [0.3, 0.4) is 0 Å². The quantitative estimate of drug-likeness (QED) is 0.866. The Morgan fingerprint density at radius 3 is 3.09 bits per heavy atom. The maximum Gasteiger partial charge on any atom is 0.252 e. The van der Waals surface area contributed by atoms with Crippen LogP contribution in [0.2, 0.25) is 0 Å². The molecule has 0 saturated carbocycles. The molecule has 2 heterocycles. The van der Waals surface area contributed by atoms with Crippen molar-refractivity contribution in [1.82, 2.24) is 9.47 Å². The molecule has 3 rings (SSSR count). The third kappa shape index (κ3) is 4.14. The first-order valence-electron chi connectivity index (χ1n) is 7.77. The lowest BCUT2D eigenvalue weighted by Gasteiger charge is -2.31. The molecule has 1 unspecified atom stereocenters. The molecule has 1 aliphatic rings. The second-order valence-corrected chi connectivity index (χ2v) is 6.82. The average molecular weight is 333 g/mol. The summed E-state index contributed by atoms with van der Waals surface area (Å²) in [5.41, 5.74) is 0.944. The molecule has 1 aromatic heterocycles. The molecule has 0 bridgehead atoms. The zero-order chi connectivity index (χ0) is 16.2. The summed E-state index contributed by atoms with van der Waals surface area (Å²) in [5, 5.41) is 1.92. The van der Waals surface area contributed by atoms with E-state index in [1.807, 2.05) is 29.3 Å². The third-order valence-corrected chi connectivity index (χ3v) is 4.96. The molecule has 0 N–H and O–H groups in total. The predicted octanol–water partition coefficient (Wildman–Crippen LogP) is 2.57. The number of aromatic nitrogens is 1. The van der Waals surface area contributed by atoms with Gasteiger partial charge in [-0.2, -0.15) is 4.99 Å². The second-order valence-electron chi connectivity index (χ2n) is 5.95. The summed E-state index contributed by atoms with van der Waals surface area (Å²) in [6.45, 7) is 2.30. The number of carbonyl (C=O) groups is 1. The van der Waals surface area contributed by atoms with E-state index < -0.39 is 0 Å². The molecule has 1 aliphatic heterocycles. The molecule has 0 spiro atoms. The molecule has 23 heavy (non-hydrogen) atoms. The molecular weight excluding hydrogens is 313 g/mol. The zero-order valence-electron chi connectivity index (χ0n) is 13.1. The second kappa shape index (κ2) is 7.19. The summed E-state index contributed by atoms with van der Waals surface area (Å²) >= 11 is 1.47. The molecule has 6 heteroatoms. The van der Waals surface area contributed by atoms with Crippen LogP contribution in [0.1, 0.15) is 18.4 Å². The van der Waals surface area contributed by atoms with E-state index in [0.717, 1.165) is 29.8 Å². The van der Waals surface area contributed by atoms with E-state index in [4.69, 9.17) is 0 Å². The highest BCUT2D eigenvalue weighted by Crippen LogP contribution is 2.20. The van der Waals surface area contributed by atoms with Crippen LogP contribution in [-0.2, 0) is 18.4 Å². The summed E-state index contributed by atoms with van der Waals surface area (Å²) in [6, 6.07) is 6.65. The molecule has 1 amide bonds. The molecule has 0 aliphatic carbocycles. The Bertz CT molecular complexity index is 752. The van der Waals surface area contributed by atoms with Crippen LogP contribution < -0.4 is 4.80 Å². The Hall–Kier alpha value is -1.79. The van der Waals surface area contributed by atoms with Gasteiger partial charge in [-0.05, 0) is 37.1 Å². The van der Waals surface area contributed by atoms with Crippen LogP contribution in [0.25, 0.3) is 0 Å². The highest BCUT2D eigenvalue weighted by Gasteiger charge is 2.25. The van der Waals surface area contributed by atoms with Crippen LogP contribution in [0, 0.1) is 11.7 Å². The van der Waals surface area contributed by atoms with E-state index in [9.17, 15) is 9.18 Å². The van der Waals surface area contributed by atoms with Crippen LogP contribution in [-0.4, -0.2) is 28.5 Å². The zero-order valence-corrected chi connectivity index (χ0v) is 13.9. The fraction of sp³-hybridized carbons (Fsp3) is 0.412. The average Bonchev–Trinajstić information content (AvgIpc) is 2.93. The van der Waals surface area contributed by atoms with Gasteiger partial charge in [0.2, 0.25) is 0 Å². The highest BCUT2D eigenvalue weighted by atomic mass is 32.1. The standard InChI is InChI=1S/C17H20FN3OS/c1-20-8-9-23-17(20)19-16(22)14-5-3-7-21(12-14)11-13-4-2-6-15(18)10-13/h2,4,6,8-10,14H,3,5,7,11-12H2,1H3. The van der Waals surface area contributed by atoms with Crippen molar-refractivity contribution in [3.63, 3.8) is 0 Å². The molecule has 1 atom stereocenters. The number of aryl methyl sites for hydroxylation is 1. The van der Waals surface area contributed by atoms with Gasteiger partial charge in [-0.3, -0.25) is 9.69 Å². The molecule has 1 saturated heterocycles. The normalized spacial score (nSPS) is 19.9. The predicted molar refractivity (Wildman–Crippen MR) is 88.3 cm³/mol. The molecule has 122 valence electrons. The molecule has 1 fully saturated rings. The van der Waals surface area contributed by atoms with Crippen molar-refractivity contribution in [3.8, 4) is 0 Å².